The highest BCUT2D eigenvalue weighted by molar-refractivity contribution is 7.16. The third kappa shape index (κ3) is 4.99. The van der Waals surface area contributed by atoms with Crippen molar-refractivity contribution in [3.8, 4) is 6.07 Å². The summed E-state index contributed by atoms with van der Waals surface area (Å²) < 4.78 is 5.39. The van der Waals surface area contributed by atoms with Gasteiger partial charge in [0.25, 0.3) is 0 Å². The fourth-order valence-electron chi connectivity index (χ4n) is 3.29. The number of anilines is 1. The summed E-state index contributed by atoms with van der Waals surface area (Å²) in [5.74, 6) is -0.336. The van der Waals surface area contributed by atoms with E-state index in [9.17, 15) is 14.9 Å². The Labute approximate surface area is 188 Å². The van der Waals surface area contributed by atoms with Crippen molar-refractivity contribution >= 4 is 34.4 Å². The van der Waals surface area contributed by atoms with Crippen molar-refractivity contribution in [2.45, 2.75) is 19.6 Å². The van der Waals surface area contributed by atoms with E-state index in [2.05, 4.69) is 21.4 Å². The molecule has 8 nitrogen and oxygen atoms in total. The molecule has 9 heteroatoms. The van der Waals surface area contributed by atoms with Crippen LogP contribution in [0.25, 0.3) is 6.08 Å². The Hall–Kier alpha value is -4.03. The van der Waals surface area contributed by atoms with Crippen molar-refractivity contribution in [3.05, 3.63) is 82.3 Å². The number of fused-ring (bicyclic) bond motifs is 1. The molecule has 4 rings (SSSR count). The van der Waals surface area contributed by atoms with E-state index < -0.39 is 6.09 Å². The van der Waals surface area contributed by atoms with Gasteiger partial charge in [-0.05, 0) is 35.8 Å². The van der Waals surface area contributed by atoms with Gasteiger partial charge in [0.2, 0.25) is 5.91 Å². The quantitative estimate of drug-likeness (QED) is 0.599. The van der Waals surface area contributed by atoms with Crippen LogP contribution in [0.2, 0.25) is 0 Å². The summed E-state index contributed by atoms with van der Waals surface area (Å²) in [6.07, 6.45) is 9.78. The molecule has 3 aromatic rings. The number of amides is 2. The predicted octanol–water partition coefficient (Wildman–Crippen LogP) is 3.76. The van der Waals surface area contributed by atoms with Crippen molar-refractivity contribution in [1.82, 2.24) is 14.9 Å². The Kier molecular flexibility index (Phi) is 6.53. The second-order valence-electron chi connectivity index (χ2n) is 7.02. The van der Waals surface area contributed by atoms with Crippen LogP contribution in [-0.4, -0.2) is 33.4 Å². The second-order valence-corrected chi connectivity index (χ2v) is 8.12. The first-order valence-electron chi connectivity index (χ1n) is 9.88. The molecular formula is C23H19N5O3S. The van der Waals surface area contributed by atoms with Crippen molar-refractivity contribution < 1.29 is 14.3 Å². The van der Waals surface area contributed by atoms with Crippen molar-refractivity contribution in [1.29, 1.82) is 5.26 Å². The molecule has 3 aromatic heterocycles. The number of nitriles is 1. The van der Waals surface area contributed by atoms with Gasteiger partial charge < -0.3 is 15.0 Å². The molecule has 0 saturated heterocycles. The smallest absolute Gasteiger partial charge is 0.410 e. The van der Waals surface area contributed by atoms with Gasteiger partial charge in [0.05, 0.1) is 12.1 Å². The molecular weight excluding hydrogens is 426 g/mol. The van der Waals surface area contributed by atoms with Gasteiger partial charge in [-0.2, -0.15) is 5.26 Å². The molecule has 0 radical (unpaired) electrons. The van der Waals surface area contributed by atoms with Crippen LogP contribution < -0.4 is 5.32 Å². The normalized spacial score (nSPS) is 12.8. The average molecular weight is 446 g/mol. The van der Waals surface area contributed by atoms with Crippen LogP contribution >= 0.6 is 11.3 Å². The van der Waals surface area contributed by atoms with Crippen LogP contribution in [0.4, 0.5) is 9.80 Å². The highest BCUT2D eigenvalue weighted by Gasteiger charge is 2.28. The molecule has 2 amide bonds. The van der Waals surface area contributed by atoms with Gasteiger partial charge in [0.1, 0.15) is 17.7 Å². The van der Waals surface area contributed by atoms with Crippen LogP contribution in [0.3, 0.4) is 0 Å². The maximum atomic E-state index is 12.5. The van der Waals surface area contributed by atoms with Crippen LogP contribution in [0.5, 0.6) is 0 Å². The number of nitrogens with zero attached hydrogens (tertiary/aromatic N) is 4. The number of ether oxygens (including phenoxy) is 1. The maximum absolute atomic E-state index is 12.5. The van der Waals surface area contributed by atoms with E-state index in [1.54, 1.807) is 47.9 Å². The highest BCUT2D eigenvalue weighted by Crippen LogP contribution is 2.36. The zero-order valence-electron chi connectivity index (χ0n) is 17.0. The molecule has 1 aliphatic heterocycles. The van der Waals surface area contributed by atoms with Gasteiger partial charge >= 0.3 is 6.09 Å². The summed E-state index contributed by atoms with van der Waals surface area (Å²) in [6.45, 7) is 0.926. The maximum Gasteiger partial charge on any atom is 0.410 e. The number of hydrogen-bond donors (Lipinski definition) is 1. The van der Waals surface area contributed by atoms with E-state index in [1.165, 1.54) is 17.4 Å². The van der Waals surface area contributed by atoms with Gasteiger partial charge in [-0.1, -0.05) is 12.1 Å². The fraction of sp³-hybridized carbons (Fsp3) is 0.174. The summed E-state index contributed by atoms with van der Waals surface area (Å²) in [4.78, 5) is 35.3. The molecule has 0 bridgehead atoms. The van der Waals surface area contributed by atoms with Crippen LogP contribution in [0, 0.1) is 11.3 Å². The highest BCUT2D eigenvalue weighted by atomic mass is 32.1. The number of rotatable bonds is 5. The summed E-state index contributed by atoms with van der Waals surface area (Å²) in [6, 6.07) is 9.44. The summed E-state index contributed by atoms with van der Waals surface area (Å²) in [7, 11) is 0. The third-order valence-electron chi connectivity index (χ3n) is 4.86. The lowest BCUT2D eigenvalue weighted by Crippen LogP contribution is -2.35. The van der Waals surface area contributed by atoms with Gasteiger partial charge in [-0.3, -0.25) is 14.8 Å². The Morgan fingerprint density at radius 1 is 1.25 bits per heavy atom. The zero-order valence-corrected chi connectivity index (χ0v) is 17.8. The van der Waals surface area contributed by atoms with Crippen LogP contribution in [0.1, 0.15) is 27.1 Å². The molecule has 32 heavy (non-hydrogen) atoms. The van der Waals surface area contributed by atoms with Gasteiger partial charge in [0.15, 0.2) is 0 Å². The molecule has 0 unspecified atom stereocenters. The van der Waals surface area contributed by atoms with Crippen molar-refractivity contribution in [2.75, 3.05) is 11.9 Å². The SMILES string of the molecule is N#Cc1c(NC(=O)/C=C/c2cccnc2)sc2c1CCN(C(=O)OCc1cccnc1)C2. The Morgan fingerprint density at radius 3 is 2.78 bits per heavy atom. The number of carbonyl (C=O) groups excluding carboxylic acids is 2. The minimum absolute atomic E-state index is 0.147. The molecule has 1 aliphatic rings. The number of aromatic nitrogens is 2. The molecule has 0 aromatic carbocycles. The lowest BCUT2D eigenvalue weighted by molar-refractivity contribution is -0.111. The summed E-state index contributed by atoms with van der Waals surface area (Å²) in [5.41, 5.74) is 2.94. The monoisotopic (exact) mass is 445 g/mol. The first-order chi connectivity index (χ1) is 15.6. The van der Waals surface area contributed by atoms with Gasteiger partial charge in [-0.25, -0.2) is 4.79 Å². The molecule has 0 spiro atoms. The number of pyridine rings is 2. The number of thiophene rings is 1. The second kappa shape index (κ2) is 9.85. The van der Waals surface area contributed by atoms with E-state index in [4.69, 9.17) is 4.74 Å². The van der Waals surface area contributed by atoms with Crippen LogP contribution in [-0.2, 0) is 29.1 Å². The topological polar surface area (TPSA) is 108 Å². The molecule has 0 saturated carbocycles. The molecule has 160 valence electrons. The molecule has 4 heterocycles. The fourth-order valence-corrected chi connectivity index (χ4v) is 4.50. The van der Waals surface area contributed by atoms with Gasteiger partial charge in [0, 0.05) is 47.8 Å². The third-order valence-corrected chi connectivity index (χ3v) is 5.99. The zero-order chi connectivity index (χ0) is 22.3. The Balaban J connectivity index is 1.41. The largest absolute Gasteiger partial charge is 0.444 e. The number of hydrogen-bond acceptors (Lipinski definition) is 7. The molecule has 0 fully saturated rings. The first kappa shape index (κ1) is 21.2. The minimum atomic E-state index is -0.420. The lowest BCUT2D eigenvalue weighted by Gasteiger charge is -2.26. The standard InChI is InChI=1S/C23H19N5O3S/c24-11-19-18-7-10-28(23(30)31-15-17-4-2-9-26-13-17)14-20(18)32-22(19)27-21(29)6-5-16-3-1-8-25-12-16/h1-6,8-9,12-13H,7,10,14-15H2,(H,27,29)/b6-5+. The minimum Gasteiger partial charge on any atom is -0.444 e. The average Bonchev–Trinajstić information content (AvgIpc) is 3.18. The Bertz CT molecular complexity index is 1190. The number of carbonyl (C=O) groups is 2. The van der Waals surface area contributed by atoms with E-state index in [-0.39, 0.29) is 12.5 Å². The molecule has 1 N–H and O–H groups in total. The van der Waals surface area contributed by atoms with Crippen molar-refractivity contribution in [3.63, 3.8) is 0 Å². The van der Waals surface area contributed by atoms with E-state index in [0.29, 0.717) is 30.1 Å². The summed E-state index contributed by atoms with van der Waals surface area (Å²) >= 11 is 1.31. The number of nitrogens with one attached hydrogen (secondary N) is 1. The van der Waals surface area contributed by atoms with Gasteiger partial charge in [-0.15, -0.1) is 11.3 Å². The first-order valence-corrected chi connectivity index (χ1v) is 10.7. The molecule has 0 aliphatic carbocycles. The summed E-state index contributed by atoms with van der Waals surface area (Å²) in [5, 5.41) is 12.9. The Morgan fingerprint density at radius 2 is 2.06 bits per heavy atom. The van der Waals surface area contributed by atoms with E-state index >= 15 is 0 Å². The lowest BCUT2D eigenvalue weighted by atomic mass is 10.0. The van der Waals surface area contributed by atoms with E-state index in [1.807, 2.05) is 12.1 Å². The van der Waals surface area contributed by atoms with E-state index in [0.717, 1.165) is 21.6 Å². The van der Waals surface area contributed by atoms with Crippen LogP contribution in [0.15, 0.2) is 55.1 Å². The predicted molar refractivity (Wildman–Crippen MR) is 119 cm³/mol. The molecule has 0 atom stereocenters. The van der Waals surface area contributed by atoms with Crippen molar-refractivity contribution in [2.24, 2.45) is 0 Å².